The first-order valence-corrected chi connectivity index (χ1v) is 22.8. The van der Waals surface area contributed by atoms with Gasteiger partial charge in [-0.1, -0.05) is 189 Å². The minimum atomic E-state index is -0.580. The average Bonchev–Trinajstić information content (AvgIpc) is 3.20. The number of hydrogen-bond donors (Lipinski definition) is 0. The third kappa shape index (κ3) is 43.5. The van der Waals surface area contributed by atoms with Gasteiger partial charge in [0.15, 0.2) is 6.10 Å². The van der Waals surface area contributed by atoms with E-state index in [1.807, 2.05) is 6.08 Å². The van der Waals surface area contributed by atoms with E-state index in [2.05, 4.69) is 112 Å². The lowest BCUT2D eigenvalue weighted by molar-refractivity contribution is -0.162. The molecule has 0 aliphatic carbocycles. The smallest absolute Gasteiger partial charge is 0.306 e. The van der Waals surface area contributed by atoms with Crippen molar-refractivity contribution >= 4 is 11.9 Å². The maximum Gasteiger partial charge on any atom is 0.306 e. The molecule has 1 unspecified atom stereocenters. The van der Waals surface area contributed by atoms with E-state index in [0.29, 0.717) is 25.9 Å². The maximum atomic E-state index is 12.7. The topological polar surface area (TPSA) is 61.8 Å². The zero-order chi connectivity index (χ0) is 40.7. The predicted molar refractivity (Wildman–Crippen MR) is 242 cm³/mol. The zero-order valence-electron chi connectivity index (χ0n) is 36.4. The highest BCUT2D eigenvalue weighted by Crippen LogP contribution is 2.12. The fourth-order valence-corrected chi connectivity index (χ4v) is 5.81. The molecule has 318 valence electrons. The van der Waals surface area contributed by atoms with E-state index in [-0.39, 0.29) is 25.2 Å². The second-order valence-corrected chi connectivity index (χ2v) is 14.5. The standard InChI is InChI=1S/C51H84O5/c1-4-7-10-13-16-19-21-23-24-25-26-27-28-30-31-33-35-38-41-44-50(52)55-48-49(47-54-46-43-40-37-18-15-12-9-6-3)56-51(53)45-42-39-36-34-32-29-22-20-17-14-11-8-5-2/h7-8,10-11,16-17,19-20,23-24,26-27,29,32,36,39,49H,4-6,9,12-15,18,21-22,25,28,30-31,33-35,37-38,40-48H2,1-3H3/b10-7-,11-8-,19-16-,20-17-,24-23-,27-26-,32-29-,39-36-. The molecular formula is C51H84O5. The van der Waals surface area contributed by atoms with Crippen LogP contribution in [0.2, 0.25) is 0 Å². The Bertz CT molecular complexity index is 1110. The van der Waals surface area contributed by atoms with Gasteiger partial charge in [0, 0.05) is 19.4 Å². The second-order valence-electron chi connectivity index (χ2n) is 14.5. The first-order valence-electron chi connectivity index (χ1n) is 22.8. The Labute approximate surface area is 345 Å². The van der Waals surface area contributed by atoms with Gasteiger partial charge in [-0.2, -0.15) is 0 Å². The van der Waals surface area contributed by atoms with E-state index in [9.17, 15) is 9.59 Å². The summed E-state index contributed by atoms with van der Waals surface area (Å²) in [6.07, 6.45) is 61.4. The molecule has 0 rings (SSSR count). The molecule has 0 bridgehead atoms. The van der Waals surface area contributed by atoms with Crippen LogP contribution in [0.1, 0.15) is 188 Å². The summed E-state index contributed by atoms with van der Waals surface area (Å²) in [5, 5.41) is 0. The Hall–Kier alpha value is -3.18. The molecule has 1 atom stereocenters. The summed E-state index contributed by atoms with van der Waals surface area (Å²) in [5.41, 5.74) is 0. The molecule has 5 heteroatoms. The first-order chi connectivity index (χ1) is 27.6. The summed E-state index contributed by atoms with van der Waals surface area (Å²) in [6, 6.07) is 0. The third-order valence-corrected chi connectivity index (χ3v) is 9.13. The molecule has 0 saturated carbocycles. The van der Waals surface area contributed by atoms with E-state index < -0.39 is 6.10 Å². The molecule has 0 aliphatic rings. The number of allylic oxidation sites excluding steroid dienone is 16. The van der Waals surface area contributed by atoms with Crippen molar-refractivity contribution in [2.24, 2.45) is 0 Å². The first kappa shape index (κ1) is 52.8. The van der Waals surface area contributed by atoms with E-state index in [4.69, 9.17) is 14.2 Å². The van der Waals surface area contributed by atoms with Crippen LogP contribution in [0.25, 0.3) is 0 Å². The summed E-state index contributed by atoms with van der Waals surface area (Å²) in [7, 11) is 0. The summed E-state index contributed by atoms with van der Waals surface area (Å²) in [5.74, 6) is -0.514. The minimum absolute atomic E-state index is 0.0449. The second kappa shape index (κ2) is 46.2. The number of hydrogen-bond acceptors (Lipinski definition) is 5. The Kier molecular flexibility index (Phi) is 43.6. The molecule has 0 radical (unpaired) electrons. The SMILES string of the molecule is CC/C=C\C/C=C\C/C=C\C/C=C\CCCCCCCCC(=O)OCC(COCCCCCCCCCC)OC(=O)CC/C=C\C/C=C\C/C=C\C/C=C\CC. The number of rotatable bonds is 40. The van der Waals surface area contributed by atoms with Gasteiger partial charge in [0.25, 0.3) is 0 Å². The van der Waals surface area contributed by atoms with Crippen LogP contribution in [0.5, 0.6) is 0 Å². The molecule has 0 aromatic heterocycles. The van der Waals surface area contributed by atoms with Crippen LogP contribution in [0.3, 0.4) is 0 Å². The Balaban J connectivity index is 4.30. The Morgan fingerprint density at radius 2 is 0.839 bits per heavy atom. The maximum absolute atomic E-state index is 12.7. The minimum Gasteiger partial charge on any atom is -0.462 e. The van der Waals surface area contributed by atoms with E-state index in [1.165, 1.54) is 57.8 Å². The highest BCUT2D eigenvalue weighted by atomic mass is 16.6. The number of unbranched alkanes of at least 4 members (excludes halogenated alkanes) is 13. The van der Waals surface area contributed by atoms with Crippen LogP contribution in [0.4, 0.5) is 0 Å². The summed E-state index contributed by atoms with van der Waals surface area (Å²) in [6.45, 7) is 7.47. The van der Waals surface area contributed by atoms with Crippen LogP contribution in [-0.4, -0.2) is 37.9 Å². The van der Waals surface area contributed by atoms with Crippen LogP contribution in [0.15, 0.2) is 97.2 Å². The fourth-order valence-electron chi connectivity index (χ4n) is 5.81. The number of ether oxygens (including phenoxy) is 3. The Morgan fingerprint density at radius 3 is 1.36 bits per heavy atom. The van der Waals surface area contributed by atoms with Gasteiger partial charge < -0.3 is 14.2 Å². The molecule has 0 N–H and O–H groups in total. The van der Waals surface area contributed by atoms with Gasteiger partial charge in [-0.25, -0.2) is 0 Å². The lowest BCUT2D eigenvalue weighted by Crippen LogP contribution is -2.30. The van der Waals surface area contributed by atoms with Crippen molar-refractivity contribution in [2.45, 2.75) is 194 Å². The fraction of sp³-hybridized carbons (Fsp3) is 0.647. The number of carbonyl (C=O) groups excluding carboxylic acids is 2. The van der Waals surface area contributed by atoms with Crippen LogP contribution < -0.4 is 0 Å². The van der Waals surface area contributed by atoms with Gasteiger partial charge in [0.05, 0.1) is 6.61 Å². The number of esters is 2. The van der Waals surface area contributed by atoms with Crippen molar-refractivity contribution in [1.82, 2.24) is 0 Å². The average molecular weight is 777 g/mol. The molecule has 0 aromatic carbocycles. The lowest BCUT2D eigenvalue weighted by Gasteiger charge is -2.18. The molecule has 0 fully saturated rings. The molecule has 0 amide bonds. The molecule has 0 spiro atoms. The van der Waals surface area contributed by atoms with Gasteiger partial charge in [0.1, 0.15) is 6.61 Å². The van der Waals surface area contributed by atoms with Gasteiger partial charge in [0.2, 0.25) is 0 Å². The van der Waals surface area contributed by atoms with Crippen LogP contribution >= 0.6 is 0 Å². The molecule has 0 saturated heterocycles. The van der Waals surface area contributed by atoms with Gasteiger partial charge in [-0.05, 0) is 83.5 Å². The summed E-state index contributed by atoms with van der Waals surface area (Å²) in [4.78, 5) is 25.2. The number of carbonyl (C=O) groups is 2. The monoisotopic (exact) mass is 777 g/mol. The van der Waals surface area contributed by atoms with Gasteiger partial charge >= 0.3 is 11.9 Å². The molecule has 0 aliphatic heterocycles. The van der Waals surface area contributed by atoms with Crippen LogP contribution in [0, 0.1) is 0 Å². The third-order valence-electron chi connectivity index (χ3n) is 9.13. The Morgan fingerprint density at radius 1 is 0.411 bits per heavy atom. The molecular weight excluding hydrogens is 693 g/mol. The quantitative estimate of drug-likeness (QED) is 0.0352. The highest BCUT2D eigenvalue weighted by molar-refractivity contribution is 5.70. The van der Waals surface area contributed by atoms with Crippen molar-refractivity contribution < 1.29 is 23.8 Å². The van der Waals surface area contributed by atoms with Crippen molar-refractivity contribution in [2.75, 3.05) is 19.8 Å². The van der Waals surface area contributed by atoms with Crippen molar-refractivity contribution in [1.29, 1.82) is 0 Å². The van der Waals surface area contributed by atoms with Crippen LogP contribution in [-0.2, 0) is 23.8 Å². The summed E-state index contributed by atoms with van der Waals surface area (Å²) >= 11 is 0. The van der Waals surface area contributed by atoms with E-state index in [1.54, 1.807) is 0 Å². The van der Waals surface area contributed by atoms with Crippen molar-refractivity contribution in [3.05, 3.63) is 97.2 Å². The van der Waals surface area contributed by atoms with E-state index in [0.717, 1.165) is 89.9 Å². The molecule has 0 heterocycles. The lowest BCUT2D eigenvalue weighted by atomic mass is 10.1. The molecule has 56 heavy (non-hydrogen) atoms. The van der Waals surface area contributed by atoms with Crippen molar-refractivity contribution in [3.63, 3.8) is 0 Å². The van der Waals surface area contributed by atoms with Gasteiger partial charge in [-0.15, -0.1) is 0 Å². The summed E-state index contributed by atoms with van der Waals surface area (Å²) < 4.78 is 17.2. The molecule has 0 aromatic rings. The zero-order valence-corrected chi connectivity index (χ0v) is 36.4. The van der Waals surface area contributed by atoms with E-state index >= 15 is 0 Å². The predicted octanol–water partition coefficient (Wildman–Crippen LogP) is 15.1. The normalized spacial score (nSPS) is 13.1. The largest absolute Gasteiger partial charge is 0.462 e. The molecule has 5 nitrogen and oxygen atoms in total. The van der Waals surface area contributed by atoms with Gasteiger partial charge in [-0.3, -0.25) is 9.59 Å². The van der Waals surface area contributed by atoms with Crippen molar-refractivity contribution in [3.8, 4) is 0 Å². The highest BCUT2D eigenvalue weighted by Gasteiger charge is 2.17.